The van der Waals surface area contributed by atoms with E-state index in [4.69, 9.17) is 9.84 Å². The average molecular weight is 186 g/mol. The van der Waals surface area contributed by atoms with E-state index in [9.17, 15) is 4.79 Å². The van der Waals surface area contributed by atoms with E-state index in [0.717, 1.165) is 12.8 Å². The lowest BCUT2D eigenvalue weighted by Gasteiger charge is -2.04. The number of rotatable bonds is 6. The van der Waals surface area contributed by atoms with Gasteiger partial charge in [-0.3, -0.25) is 0 Å². The van der Waals surface area contributed by atoms with Gasteiger partial charge in [0, 0.05) is 5.57 Å². The van der Waals surface area contributed by atoms with Crippen molar-refractivity contribution in [3.05, 3.63) is 11.6 Å². The van der Waals surface area contributed by atoms with Crippen LogP contribution in [0.5, 0.6) is 0 Å². The van der Waals surface area contributed by atoms with E-state index < -0.39 is 0 Å². The molecule has 1 N–H and O–H groups in total. The zero-order valence-corrected chi connectivity index (χ0v) is 8.38. The van der Waals surface area contributed by atoms with Crippen LogP contribution in [0.3, 0.4) is 0 Å². The summed E-state index contributed by atoms with van der Waals surface area (Å²) in [6.07, 6.45) is 4.51. The molecule has 0 unspecified atom stereocenters. The van der Waals surface area contributed by atoms with Crippen molar-refractivity contribution in [2.75, 3.05) is 13.2 Å². The van der Waals surface area contributed by atoms with Crippen molar-refractivity contribution in [2.24, 2.45) is 0 Å². The third-order valence-electron chi connectivity index (χ3n) is 1.65. The second-order valence-electron chi connectivity index (χ2n) is 2.73. The molecule has 0 rings (SSSR count). The molecule has 0 aromatic rings. The van der Waals surface area contributed by atoms with E-state index >= 15 is 0 Å². The number of ether oxygens (including phenoxy) is 1. The number of carbonyl (C=O) groups excluding carboxylic acids is 1. The van der Waals surface area contributed by atoms with Gasteiger partial charge in [-0.05, 0) is 12.8 Å². The smallest absolute Gasteiger partial charge is 0.333 e. The first-order chi connectivity index (χ1) is 6.26. The Kier molecular flexibility index (Phi) is 7.30. The molecule has 0 heterocycles. The second kappa shape index (κ2) is 7.80. The van der Waals surface area contributed by atoms with E-state index in [1.807, 2.05) is 13.0 Å². The number of unbranched alkanes of at least 4 members (excludes halogenated alkanes) is 1. The average Bonchev–Trinajstić information content (AvgIpc) is 2.16. The number of allylic oxidation sites excluding steroid dienone is 1. The summed E-state index contributed by atoms with van der Waals surface area (Å²) in [6.45, 7) is 3.95. The third kappa shape index (κ3) is 5.42. The molecule has 0 spiro atoms. The van der Waals surface area contributed by atoms with Crippen molar-refractivity contribution >= 4 is 5.97 Å². The Morgan fingerprint density at radius 1 is 1.46 bits per heavy atom. The van der Waals surface area contributed by atoms with Gasteiger partial charge in [0.25, 0.3) is 0 Å². The molecule has 0 aliphatic carbocycles. The van der Waals surface area contributed by atoms with Crippen molar-refractivity contribution in [1.29, 1.82) is 0 Å². The fourth-order valence-electron chi connectivity index (χ4n) is 0.922. The number of aliphatic hydroxyl groups excluding tert-OH is 1. The van der Waals surface area contributed by atoms with Crippen LogP contribution in [0.15, 0.2) is 11.6 Å². The molecule has 0 saturated heterocycles. The maximum Gasteiger partial charge on any atom is 0.333 e. The first-order valence-electron chi connectivity index (χ1n) is 4.73. The van der Waals surface area contributed by atoms with E-state index in [-0.39, 0.29) is 19.2 Å². The van der Waals surface area contributed by atoms with Crippen LogP contribution in [0.25, 0.3) is 0 Å². The largest absolute Gasteiger partial charge is 0.460 e. The highest BCUT2D eigenvalue weighted by Gasteiger charge is 2.07. The molecule has 0 amide bonds. The highest BCUT2D eigenvalue weighted by molar-refractivity contribution is 5.88. The highest BCUT2D eigenvalue weighted by atomic mass is 16.5. The minimum absolute atomic E-state index is 0.0856. The third-order valence-corrected chi connectivity index (χ3v) is 1.65. The standard InChI is InChI=1S/C10H18O3/c1-3-5-6-9(4-2)10(12)13-8-7-11/h6,11H,3-5,7-8H2,1-2H3. The maximum atomic E-state index is 11.2. The van der Waals surface area contributed by atoms with Gasteiger partial charge in [0.15, 0.2) is 0 Å². The Morgan fingerprint density at radius 3 is 2.62 bits per heavy atom. The Balaban J connectivity index is 3.99. The predicted molar refractivity (Wildman–Crippen MR) is 51.3 cm³/mol. The molecule has 0 aromatic heterocycles. The van der Waals surface area contributed by atoms with Crippen molar-refractivity contribution in [1.82, 2.24) is 0 Å². The van der Waals surface area contributed by atoms with Gasteiger partial charge in [0.1, 0.15) is 6.61 Å². The molecule has 0 radical (unpaired) electrons. The molecule has 3 heteroatoms. The zero-order chi connectivity index (χ0) is 10.1. The van der Waals surface area contributed by atoms with Gasteiger partial charge >= 0.3 is 5.97 Å². The van der Waals surface area contributed by atoms with Crippen LogP contribution in [-0.4, -0.2) is 24.3 Å². The molecule has 76 valence electrons. The van der Waals surface area contributed by atoms with Gasteiger partial charge < -0.3 is 9.84 Å². The van der Waals surface area contributed by atoms with Crippen LogP contribution in [0.2, 0.25) is 0 Å². The Morgan fingerprint density at radius 2 is 2.15 bits per heavy atom. The molecule has 0 aliphatic heterocycles. The monoisotopic (exact) mass is 186 g/mol. The lowest BCUT2D eigenvalue weighted by molar-refractivity contribution is -0.140. The summed E-state index contributed by atoms with van der Waals surface area (Å²) >= 11 is 0. The summed E-state index contributed by atoms with van der Waals surface area (Å²) in [7, 11) is 0. The van der Waals surface area contributed by atoms with E-state index in [1.165, 1.54) is 0 Å². The molecule has 3 nitrogen and oxygen atoms in total. The van der Waals surface area contributed by atoms with Crippen LogP contribution in [0.1, 0.15) is 33.1 Å². The van der Waals surface area contributed by atoms with Gasteiger partial charge in [0.05, 0.1) is 6.61 Å². The summed E-state index contributed by atoms with van der Waals surface area (Å²) in [6, 6.07) is 0. The summed E-state index contributed by atoms with van der Waals surface area (Å²) < 4.78 is 4.78. The number of hydrogen-bond acceptors (Lipinski definition) is 3. The van der Waals surface area contributed by atoms with Gasteiger partial charge in [-0.25, -0.2) is 4.79 Å². The van der Waals surface area contributed by atoms with Crippen molar-refractivity contribution in [3.8, 4) is 0 Å². The van der Waals surface area contributed by atoms with Gasteiger partial charge in [-0.2, -0.15) is 0 Å². The van der Waals surface area contributed by atoms with E-state index in [0.29, 0.717) is 12.0 Å². The number of carbonyl (C=O) groups is 1. The molecule has 0 atom stereocenters. The quantitative estimate of drug-likeness (QED) is 0.507. The first-order valence-corrected chi connectivity index (χ1v) is 4.73. The summed E-state index contributed by atoms with van der Waals surface area (Å²) in [4.78, 5) is 11.2. The molecular weight excluding hydrogens is 168 g/mol. The summed E-state index contributed by atoms with van der Waals surface area (Å²) in [5.74, 6) is -0.301. The molecular formula is C10H18O3. The predicted octanol–water partition coefficient (Wildman–Crippen LogP) is 1.66. The SMILES string of the molecule is CCCC=C(CC)C(=O)OCCO. The minimum Gasteiger partial charge on any atom is -0.460 e. The fraction of sp³-hybridized carbons (Fsp3) is 0.700. The molecule has 0 saturated carbocycles. The van der Waals surface area contributed by atoms with Crippen molar-refractivity contribution in [2.45, 2.75) is 33.1 Å². The summed E-state index contributed by atoms with van der Waals surface area (Å²) in [5.41, 5.74) is 0.704. The normalized spacial score (nSPS) is 11.5. The van der Waals surface area contributed by atoms with Crippen LogP contribution < -0.4 is 0 Å². The van der Waals surface area contributed by atoms with Crippen LogP contribution >= 0.6 is 0 Å². The molecule has 0 aliphatic rings. The second-order valence-corrected chi connectivity index (χ2v) is 2.73. The Bertz CT molecular complexity index is 173. The lowest BCUT2D eigenvalue weighted by Crippen LogP contribution is -2.10. The molecule has 0 aromatic carbocycles. The fourth-order valence-corrected chi connectivity index (χ4v) is 0.922. The number of hydrogen-bond donors (Lipinski definition) is 1. The first kappa shape index (κ1) is 12.2. The topological polar surface area (TPSA) is 46.5 Å². The molecule has 0 bridgehead atoms. The minimum atomic E-state index is -0.301. The van der Waals surface area contributed by atoms with Crippen LogP contribution in [-0.2, 0) is 9.53 Å². The summed E-state index contributed by atoms with van der Waals surface area (Å²) in [5, 5.41) is 8.45. The van der Waals surface area contributed by atoms with E-state index in [1.54, 1.807) is 0 Å². The van der Waals surface area contributed by atoms with E-state index in [2.05, 4.69) is 6.92 Å². The Labute approximate surface area is 79.4 Å². The Hall–Kier alpha value is -0.830. The van der Waals surface area contributed by atoms with Crippen LogP contribution in [0.4, 0.5) is 0 Å². The zero-order valence-electron chi connectivity index (χ0n) is 8.38. The lowest BCUT2D eigenvalue weighted by atomic mass is 10.1. The van der Waals surface area contributed by atoms with Crippen molar-refractivity contribution < 1.29 is 14.6 Å². The molecule has 0 fully saturated rings. The van der Waals surface area contributed by atoms with Gasteiger partial charge in [-0.15, -0.1) is 0 Å². The highest BCUT2D eigenvalue weighted by Crippen LogP contribution is 2.06. The van der Waals surface area contributed by atoms with Crippen LogP contribution in [0, 0.1) is 0 Å². The number of aliphatic hydroxyl groups is 1. The van der Waals surface area contributed by atoms with Crippen molar-refractivity contribution in [3.63, 3.8) is 0 Å². The molecule has 13 heavy (non-hydrogen) atoms. The number of esters is 1. The maximum absolute atomic E-state index is 11.2. The van der Waals surface area contributed by atoms with Gasteiger partial charge in [-0.1, -0.05) is 26.3 Å². The van der Waals surface area contributed by atoms with Gasteiger partial charge in [0.2, 0.25) is 0 Å².